The van der Waals surface area contributed by atoms with Gasteiger partial charge in [0.1, 0.15) is 4.88 Å². The predicted octanol–water partition coefficient (Wildman–Crippen LogP) is 4.91. The van der Waals surface area contributed by atoms with Gasteiger partial charge in [0.2, 0.25) is 0 Å². The molecule has 0 aliphatic carbocycles. The van der Waals surface area contributed by atoms with Crippen molar-refractivity contribution in [2.24, 2.45) is 5.92 Å². The van der Waals surface area contributed by atoms with Gasteiger partial charge in [-0.2, -0.15) is 0 Å². The largest absolute Gasteiger partial charge is 0.320 e. The second-order valence-corrected chi connectivity index (χ2v) is 7.25. The summed E-state index contributed by atoms with van der Waals surface area (Å²) in [6, 6.07) is 1.99. The highest BCUT2D eigenvalue weighted by molar-refractivity contribution is 7.12. The monoisotopic (exact) mass is 308 g/mol. The Morgan fingerprint density at radius 1 is 1.35 bits per heavy atom. The summed E-state index contributed by atoms with van der Waals surface area (Å²) in [5.74, 6) is 1.06. The number of rotatable bonds is 5. The zero-order chi connectivity index (χ0) is 14.7. The molecule has 2 aromatic rings. The lowest BCUT2D eigenvalue weighted by atomic mass is 9.97. The summed E-state index contributed by atoms with van der Waals surface area (Å²) in [5.41, 5.74) is 3.45. The van der Waals surface area contributed by atoms with Crippen molar-refractivity contribution >= 4 is 34.3 Å². The van der Waals surface area contributed by atoms with Gasteiger partial charge in [-0.3, -0.25) is 4.79 Å². The maximum atomic E-state index is 12.3. The van der Waals surface area contributed by atoms with Gasteiger partial charge in [0.05, 0.1) is 16.9 Å². The molecule has 1 unspecified atom stereocenters. The van der Waals surface area contributed by atoms with Crippen molar-refractivity contribution < 1.29 is 4.79 Å². The van der Waals surface area contributed by atoms with E-state index in [4.69, 9.17) is 0 Å². The van der Waals surface area contributed by atoms with Crippen molar-refractivity contribution in [1.82, 2.24) is 4.98 Å². The van der Waals surface area contributed by atoms with Gasteiger partial charge < -0.3 is 5.32 Å². The number of carbonyl (C=O) groups is 1. The van der Waals surface area contributed by atoms with Gasteiger partial charge in [0.25, 0.3) is 5.91 Å². The molecule has 0 aromatic carbocycles. The summed E-state index contributed by atoms with van der Waals surface area (Å²) in [6.07, 6.45) is 1.13. The normalized spacial score (nSPS) is 12.7. The zero-order valence-corrected chi connectivity index (χ0v) is 13.9. The molecule has 0 saturated heterocycles. The number of nitrogens with zero attached hydrogens (tertiary/aromatic N) is 1. The number of hydrogen-bond acceptors (Lipinski definition) is 4. The van der Waals surface area contributed by atoms with Gasteiger partial charge in [-0.1, -0.05) is 20.8 Å². The van der Waals surface area contributed by atoms with E-state index in [9.17, 15) is 4.79 Å². The molecule has 1 atom stereocenters. The quantitative estimate of drug-likeness (QED) is 0.852. The second kappa shape index (κ2) is 6.50. The fraction of sp³-hybridized carbons (Fsp3) is 0.467. The van der Waals surface area contributed by atoms with Crippen LogP contribution in [-0.4, -0.2) is 10.9 Å². The summed E-state index contributed by atoms with van der Waals surface area (Å²) in [7, 11) is 0. The van der Waals surface area contributed by atoms with Crippen molar-refractivity contribution in [2.45, 2.75) is 40.0 Å². The predicted molar refractivity (Wildman–Crippen MR) is 87.0 cm³/mol. The lowest BCUT2D eigenvalue weighted by molar-refractivity contribution is 0.102. The van der Waals surface area contributed by atoms with Crippen LogP contribution >= 0.6 is 22.7 Å². The third-order valence-corrected chi connectivity index (χ3v) is 5.24. The number of hydrogen-bond donors (Lipinski definition) is 1. The minimum absolute atomic E-state index is 0.0543. The minimum Gasteiger partial charge on any atom is -0.320 e. The van der Waals surface area contributed by atoms with Crippen molar-refractivity contribution in [2.75, 3.05) is 5.32 Å². The molecule has 1 N–H and O–H groups in total. The van der Waals surface area contributed by atoms with Crippen LogP contribution in [0.25, 0.3) is 0 Å². The van der Waals surface area contributed by atoms with E-state index in [1.54, 1.807) is 16.8 Å². The first kappa shape index (κ1) is 15.2. The Labute approximate surface area is 128 Å². The number of thiophene rings is 1. The number of anilines is 1. The lowest BCUT2D eigenvalue weighted by Crippen LogP contribution is -2.12. The van der Waals surface area contributed by atoms with Gasteiger partial charge in [0.15, 0.2) is 0 Å². The van der Waals surface area contributed by atoms with E-state index in [0.29, 0.717) is 16.7 Å². The first-order chi connectivity index (χ1) is 9.49. The standard InChI is InChI=1S/C15H20N2OS2/c1-9(2)7-10(3)13-12(5-6-19-13)17-15(18)14-11(4)16-8-20-14/h5-6,8-10H,7H2,1-4H3,(H,17,18). The molecule has 3 nitrogen and oxygen atoms in total. The molecule has 0 spiro atoms. The van der Waals surface area contributed by atoms with Crippen molar-refractivity contribution in [3.63, 3.8) is 0 Å². The average Bonchev–Trinajstić information content (AvgIpc) is 2.96. The summed E-state index contributed by atoms with van der Waals surface area (Å²) in [4.78, 5) is 18.3. The van der Waals surface area contributed by atoms with E-state index in [1.807, 2.05) is 18.4 Å². The molecule has 0 fully saturated rings. The summed E-state index contributed by atoms with van der Waals surface area (Å²) in [5, 5.41) is 5.07. The molecule has 2 rings (SSSR count). The molecular formula is C15H20N2OS2. The van der Waals surface area contributed by atoms with E-state index in [2.05, 4.69) is 31.1 Å². The number of aromatic nitrogens is 1. The number of nitrogens with one attached hydrogen (secondary N) is 1. The van der Waals surface area contributed by atoms with Gasteiger partial charge in [0, 0.05) is 4.88 Å². The Morgan fingerprint density at radius 2 is 2.10 bits per heavy atom. The zero-order valence-electron chi connectivity index (χ0n) is 12.3. The van der Waals surface area contributed by atoms with Crippen LogP contribution < -0.4 is 5.32 Å². The number of aryl methyl sites for hydroxylation is 1. The Hall–Kier alpha value is -1.20. The van der Waals surface area contributed by atoms with Crippen molar-refractivity contribution in [3.05, 3.63) is 32.4 Å². The Kier molecular flexibility index (Phi) is 4.94. The molecule has 108 valence electrons. The first-order valence-electron chi connectivity index (χ1n) is 6.77. The molecule has 2 heterocycles. The number of carbonyl (C=O) groups excluding carboxylic acids is 1. The van der Waals surface area contributed by atoms with Crippen LogP contribution in [0.4, 0.5) is 5.69 Å². The average molecular weight is 308 g/mol. The molecule has 1 amide bonds. The third-order valence-electron chi connectivity index (χ3n) is 3.17. The van der Waals surface area contributed by atoms with Gasteiger partial charge >= 0.3 is 0 Å². The van der Waals surface area contributed by atoms with Crippen LogP contribution in [0, 0.1) is 12.8 Å². The van der Waals surface area contributed by atoms with Crippen LogP contribution in [0.5, 0.6) is 0 Å². The number of amides is 1. The number of thiazole rings is 1. The maximum Gasteiger partial charge on any atom is 0.267 e. The highest BCUT2D eigenvalue weighted by Crippen LogP contribution is 2.34. The van der Waals surface area contributed by atoms with E-state index >= 15 is 0 Å². The van der Waals surface area contributed by atoms with Crippen LogP contribution in [-0.2, 0) is 0 Å². The van der Waals surface area contributed by atoms with Crippen LogP contribution in [0.1, 0.15) is 53.4 Å². The van der Waals surface area contributed by atoms with E-state index in [-0.39, 0.29) is 5.91 Å². The van der Waals surface area contributed by atoms with Crippen molar-refractivity contribution in [1.29, 1.82) is 0 Å². The van der Waals surface area contributed by atoms with Crippen LogP contribution in [0.15, 0.2) is 17.0 Å². The van der Waals surface area contributed by atoms with E-state index in [0.717, 1.165) is 17.8 Å². The van der Waals surface area contributed by atoms with E-state index < -0.39 is 0 Å². The molecule has 0 saturated carbocycles. The van der Waals surface area contributed by atoms with Crippen molar-refractivity contribution in [3.8, 4) is 0 Å². The lowest BCUT2D eigenvalue weighted by Gasteiger charge is -2.15. The summed E-state index contributed by atoms with van der Waals surface area (Å²) in [6.45, 7) is 8.53. The molecule has 2 aromatic heterocycles. The molecule has 0 radical (unpaired) electrons. The molecule has 0 bridgehead atoms. The van der Waals surface area contributed by atoms with Gasteiger partial charge in [-0.25, -0.2) is 4.98 Å². The maximum absolute atomic E-state index is 12.3. The topological polar surface area (TPSA) is 42.0 Å². The molecular weight excluding hydrogens is 288 g/mol. The van der Waals surface area contributed by atoms with E-state index in [1.165, 1.54) is 16.2 Å². The molecule has 0 aliphatic rings. The van der Waals surface area contributed by atoms with Gasteiger partial charge in [-0.05, 0) is 36.6 Å². The fourth-order valence-corrected chi connectivity index (χ4v) is 3.94. The third kappa shape index (κ3) is 3.46. The minimum atomic E-state index is -0.0543. The Morgan fingerprint density at radius 3 is 2.70 bits per heavy atom. The summed E-state index contributed by atoms with van der Waals surface area (Å²) >= 11 is 3.10. The molecule has 5 heteroatoms. The van der Waals surface area contributed by atoms with Crippen LogP contribution in [0.2, 0.25) is 0 Å². The fourth-order valence-electron chi connectivity index (χ4n) is 2.32. The Balaban J connectivity index is 2.13. The van der Waals surface area contributed by atoms with Gasteiger partial charge in [-0.15, -0.1) is 22.7 Å². The SMILES string of the molecule is Cc1ncsc1C(=O)Nc1ccsc1C(C)CC(C)C. The molecule has 0 aliphatic heterocycles. The highest BCUT2D eigenvalue weighted by Gasteiger charge is 2.18. The second-order valence-electron chi connectivity index (χ2n) is 5.45. The smallest absolute Gasteiger partial charge is 0.267 e. The molecule has 20 heavy (non-hydrogen) atoms. The highest BCUT2D eigenvalue weighted by atomic mass is 32.1. The Bertz CT molecular complexity index is 586. The van der Waals surface area contributed by atoms with Crippen LogP contribution in [0.3, 0.4) is 0 Å². The first-order valence-corrected chi connectivity index (χ1v) is 8.53. The summed E-state index contributed by atoms with van der Waals surface area (Å²) < 4.78 is 0.